The first kappa shape index (κ1) is 26.9. The molecular weight excluding hydrogens is 484 g/mol. The standard InChI is InChI=1S/C31H34N2O3.ClH/c1-3-21-14-23-16-25(17-24(23)15-22(21)4-2)32-18-28(34)26-10-12-29(31-27(26)11-13-30(35)33-31)36-19-20-8-6-5-7-9-20;/h5-15,25,28,32,34H,3-4,16-19H2,1-2H3,(H,33,35);1H. The summed E-state index contributed by atoms with van der Waals surface area (Å²) in [4.78, 5) is 15.0. The molecule has 4 aromatic rings. The number of halogens is 1. The molecule has 0 radical (unpaired) electrons. The van der Waals surface area contributed by atoms with Gasteiger partial charge in [0.2, 0.25) is 5.56 Å². The molecule has 0 saturated carbocycles. The van der Waals surface area contributed by atoms with E-state index in [4.69, 9.17) is 4.74 Å². The van der Waals surface area contributed by atoms with Crippen molar-refractivity contribution in [3.05, 3.63) is 110 Å². The predicted octanol–water partition coefficient (Wildman–Crippen LogP) is 5.44. The molecule has 3 N–H and O–H groups in total. The first-order valence-electron chi connectivity index (χ1n) is 12.9. The Morgan fingerprint density at radius 2 is 1.65 bits per heavy atom. The Balaban J connectivity index is 0.00000320. The summed E-state index contributed by atoms with van der Waals surface area (Å²) in [5.41, 5.74) is 8.00. The van der Waals surface area contributed by atoms with Crippen LogP contribution in [0.2, 0.25) is 0 Å². The van der Waals surface area contributed by atoms with Gasteiger partial charge in [0.05, 0.1) is 11.6 Å². The molecule has 1 aliphatic rings. The second kappa shape index (κ2) is 12.0. The van der Waals surface area contributed by atoms with Gasteiger partial charge in [-0.15, -0.1) is 12.4 Å². The van der Waals surface area contributed by atoms with Gasteiger partial charge in [0.15, 0.2) is 0 Å². The number of benzene rings is 3. The highest BCUT2D eigenvalue weighted by Crippen LogP contribution is 2.31. The van der Waals surface area contributed by atoms with E-state index in [1.54, 1.807) is 6.07 Å². The van der Waals surface area contributed by atoms with E-state index < -0.39 is 6.10 Å². The van der Waals surface area contributed by atoms with Crippen molar-refractivity contribution in [2.24, 2.45) is 0 Å². The maximum Gasteiger partial charge on any atom is 0.248 e. The molecule has 3 aromatic carbocycles. The molecule has 37 heavy (non-hydrogen) atoms. The fourth-order valence-electron chi connectivity index (χ4n) is 5.36. The number of hydrogen-bond donors (Lipinski definition) is 3. The first-order valence-corrected chi connectivity index (χ1v) is 12.9. The summed E-state index contributed by atoms with van der Waals surface area (Å²) in [5, 5.41) is 15.5. The summed E-state index contributed by atoms with van der Waals surface area (Å²) in [7, 11) is 0. The van der Waals surface area contributed by atoms with E-state index in [-0.39, 0.29) is 18.0 Å². The highest BCUT2D eigenvalue weighted by Gasteiger charge is 2.24. The first-order chi connectivity index (χ1) is 17.6. The zero-order chi connectivity index (χ0) is 25.1. The number of nitrogens with one attached hydrogen (secondary N) is 2. The van der Waals surface area contributed by atoms with Crippen LogP contribution in [0.5, 0.6) is 5.75 Å². The van der Waals surface area contributed by atoms with Gasteiger partial charge in [-0.1, -0.05) is 62.4 Å². The van der Waals surface area contributed by atoms with Crippen molar-refractivity contribution in [1.82, 2.24) is 10.3 Å². The summed E-state index contributed by atoms with van der Waals surface area (Å²) >= 11 is 0. The Morgan fingerprint density at radius 3 is 2.30 bits per heavy atom. The fourth-order valence-corrected chi connectivity index (χ4v) is 5.36. The van der Waals surface area contributed by atoms with Crippen LogP contribution in [0.15, 0.2) is 71.5 Å². The molecule has 5 nitrogen and oxygen atoms in total. The number of aliphatic hydroxyl groups excluding tert-OH is 1. The van der Waals surface area contributed by atoms with Crippen LogP contribution < -0.4 is 15.6 Å². The molecule has 6 heteroatoms. The molecule has 1 atom stereocenters. The third-order valence-corrected chi connectivity index (χ3v) is 7.30. The molecule has 0 spiro atoms. The molecule has 0 bridgehead atoms. The molecule has 5 rings (SSSR count). The monoisotopic (exact) mass is 518 g/mol. The number of hydrogen-bond acceptors (Lipinski definition) is 4. The van der Waals surface area contributed by atoms with Gasteiger partial charge < -0.3 is 20.1 Å². The minimum Gasteiger partial charge on any atom is -0.487 e. The highest BCUT2D eigenvalue weighted by atomic mass is 35.5. The van der Waals surface area contributed by atoms with Gasteiger partial charge in [0.25, 0.3) is 0 Å². The Hall–Kier alpha value is -3.12. The average molecular weight is 519 g/mol. The molecule has 1 aromatic heterocycles. The molecule has 1 heterocycles. The zero-order valence-electron chi connectivity index (χ0n) is 21.4. The second-order valence-electron chi connectivity index (χ2n) is 9.66. The summed E-state index contributed by atoms with van der Waals surface area (Å²) in [6.45, 7) is 5.28. The molecule has 1 unspecified atom stereocenters. The molecule has 194 valence electrons. The van der Waals surface area contributed by atoms with Gasteiger partial charge in [-0.3, -0.25) is 4.79 Å². The Labute approximate surface area is 224 Å². The lowest BCUT2D eigenvalue weighted by atomic mass is 9.97. The van der Waals surface area contributed by atoms with Gasteiger partial charge in [-0.2, -0.15) is 0 Å². The second-order valence-corrected chi connectivity index (χ2v) is 9.66. The van der Waals surface area contributed by atoms with Crippen LogP contribution in [-0.4, -0.2) is 22.7 Å². The van der Waals surface area contributed by atoms with Crippen LogP contribution in [0.4, 0.5) is 0 Å². The molecule has 0 saturated heterocycles. The third-order valence-electron chi connectivity index (χ3n) is 7.30. The van der Waals surface area contributed by atoms with Crippen molar-refractivity contribution in [3.8, 4) is 5.75 Å². The van der Waals surface area contributed by atoms with Crippen LogP contribution in [0.3, 0.4) is 0 Å². The summed E-state index contributed by atoms with van der Waals surface area (Å²) in [6.07, 6.45) is 3.39. The van der Waals surface area contributed by atoms with E-state index in [0.717, 1.165) is 42.2 Å². The number of aryl methyl sites for hydroxylation is 2. The van der Waals surface area contributed by atoms with Crippen molar-refractivity contribution in [2.75, 3.05) is 6.54 Å². The maximum absolute atomic E-state index is 12.1. The van der Waals surface area contributed by atoms with Crippen molar-refractivity contribution in [3.63, 3.8) is 0 Å². The highest BCUT2D eigenvalue weighted by molar-refractivity contribution is 5.87. The number of ether oxygens (including phenoxy) is 1. The number of aliphatic hydroxyl groups is 1. The van der Waals surface area contributed by atoms with Crippen molar-refractivity contribution < 1.29 is 9.84 Å². The summed E-state index contributed by atoms with van der Waals surface area (Å²) in [5.74, 6) is 0.597. The average Bonchev–Trinajstić information content (AvgIpc) is 3.31. The molecule has 1 aliphatic carbocycles. The summed E-state index contributed by atoms with van der Waals surface area (Å²) < 4.78 is 6.04. The van der Waals surface area contributed by atoms with Crippen LogP contribution in [-0.2, 0) is 32.3 Å². The van der Waals surface area contributed by atoms with E-state index >= 15 is 0 Å². The van der Waals surface area contributed by atoms with Crippen molar-refractivity contribution in [1.29, 1.82) is 0 Å². The Kier molecular flexibility index (Phi) is 8.70. The van der Waals surface area contributed by atoms with E-state index in [1.807, 2.05) is 42.5 Å². The van der Waals surface area contributed by atoms with E-state index in [9.17, 15) is 9.90 Å². The molecule has 0 aliphatic heterocycles. The fraction of sp³-hybridized carbons (Fsp3) is 0.323. The van der Waals surface area contributed by atoms with Crippen LogP contribution in [0.25, 0.3) is 10.9 Å². The topological polar surface area (TPSA) is 74.3 Å². The lowest BCUT2D eigenvalue weighted by molar-refractivity contribution is 0.171. The molecular formula is C31H35ClN2O3. The number of aromatic nitrogens is 1. The van der Waals surface area contributed by atoms with Gasteiger partial charge >= 0.3 is 0 Å². The van der Waals surface area contributed by atoms with Crippen molar-refractivity contribution >= 4 is 23.3 Å². The zero-order valence-corrected chi connectivity index (χ0v) is 22.2. The van der Waals surface area contributed by atoms with Gasteiger partial charge in [0, 0.05) is 24.0 Å². The SMILES string of the molecule is CCc1cc2c(cc1CC)CC(NCC(O)c1ccc(OCc3ccccc3)c3[nH]c(=O)ccc13)C2.Cl. The number of rotatable bonds is 9. The van der Waals surface area contributed by atoms with Crippen LogP contribution in [0.1, 0.15) is 53.3 Å². The van der Waals surface area contributed by atoms with Crippen LogP contribution in [0, 0.1) is 0 Å². The molecule has 0 amide bonds. The Morgan fingerprint density at radius 1 is 0.973 bits per heavy atom. The lowest BCUT2D eigenvalue weighted by Gasteiger charge is -2.19. The van der Waals surface area contributed by atoms with Gasteiger partial charge in [-0.25, -0.2) is 0 Å². The number of H-pyrrole nitrogens is 1. The molecule has 0 fully saturated rings. The number of fused-ring (bicyclic) bond motifs is 2. The predicted molar refractivity (Wildman–Crippen MR) is 152 cm³/mol. The van der Waals surface area contributed by atoms with Gasteiger partial charge in [-0.05, 0) is 71.2 Å². The Bertz CT molecular complexity index is 1380. The third kappa shape index (κ3) is 5.90. The largest absolute Gasteiger partial charge is 0.487 e. The minimum absolute atomic E-state index is 0. The van der Waals surface area contributed by atoms with Crippen molar-refractivity contribution in [2.45, 2.75) is 58.3 Å². The summed E-state index contributed by atoms with van der Waals surface area (Å²) in [6, 6.07) is 22.0. The quantitative estimate of drug-likeness (QED) is 0.276. The van der Waals surface area contributed by atoms with Crippen LogP contribution >= 0.6 is 12.4 Å². The van der Waals surface area contributed by atoms with E-state index in [0.29, 0.717) is 30.5 Å². The normalized spacial score (nSPS) is 13.8. The lowest BCUT2D eigenvalue weighted by Crippen LogP contribution is -2.33. The van der Waals surface area contributed by atoms with E-state index in [2.05, 4.69) is 36.3 Å². The smallest absolute Gasteiger partial charge is 0.248 e. The van der Waals surface area contributed by atoms with Gasteiger partial charge in [0.1, 0.15) is 12.4 Å². The minimum atomic E-state index is -0.706. The number of pyridine rings is 1. The maximum atomic E-state index is 12.1. The number of aromatic amines is 1. The van der Waals surface area contributed by atoms with E-state index in [1.165, 1.54) is 28.3 Å².